The average Bonchev–Trinajstić information content (AvgIpc) is 2.24. The topological polar surface area (TPSA) is 18.5 Å². The van der Waals surface area contributed by atoms with Crippen LogP contribution in [-0.4, -0.2) is 20.4 Å². The average molecular weight is 238 g/mol. The van der Waals surface area contributed by atoms with Gasteiger partial charge in [0.25, 0.3) is 0 Å². The number of rotatable bonds is 4. The van der Waals surface area contributed by atoms with Crippen molar-refractivity contribution in [2.45, 2.75) is 6.18 Å². The molecule has 16 heavy (non-hydrogen) atoms. The van der Waals surface area contributed by atoms with Gasteiger partial charge >= 0.3 is 6.18 Å². The largest absolute Gasteiger partial charge is 0.492 e. The van der Waals surface area contributed by atoms with Crippen LogP contribution < -0.4 is 9.47 Å². The SMILES string of the molecule is COc1c(OCCF)cccc1C(F)(F)F. The highest BCUT2D eigenvalue weighted by atomic mass is 19.4. The Morgan fingerprint density at radius 3 is 2.44 bits per heavy atom. The molecule has 0 aliphatic carbocycles. The summed E-state index contributed by atoms with van der Waals surface area (Å²) < 4.78 is 58.9. The Bertz CT molecular complexity index is 349. The predicted octanol–water partition coefficient (Wildman–Crippen LogP) is 3.06. The van der Waals surface area contributed by atoms with Crippen LogP contribution in [0.15, 0.2) is 18.2 Å². The molecular formula is C10H10F4O2. The van der Waals surface area contributed by atoms with Gasteiger partial charge in [0.05, 0.1) is 7.11 Å². The maximum Gasteiger partial charge on any atom is 0.420 e. The maximum absolute atomic E-state index is 12.5. The van der Waals surface area contributed by atoms with Crippen LogP contribution in [0.2, 0.25) is 0 Å². The predicted molar refractivity (Wildman–Crippen MR) is 49.5 cm³/mol. The van der Waals surface area contributed by atoms with Crippen molar-refractivity contribution in [3.8, 4) is 11.5 Å². The van der Waals surface area contributed by atoms with E-state index in [2.05, 4.69) is 4.74 Å². The Morgan fingerprint density at radius 2 is 1.94 bits per heavy atom. The first kappa shape index (κ1) is 12.6. The van der Waals surface area contributed by atoms with E-state index in [0.29, 0.717) is 0 Å². The minimum atomic E-state index is -4.53. The normalized spacial score (nSPS) is 11.3. The minimum Gasteiger partial charge on any atom is -0.492 e. The van der Waals surface area contributed by atoms with E-state index in [4.69, 9.17) is 4.74 Å². The third-order valence-electron chi connectivity index (χ3n) is 1.82. The molecule has 0 saturated heterocycles. The molecular weight excluding hydrogens is 228 g/mol. The quantitative estimate of drug-likeness (QED) is 0.750. The molecule has 0 unspecified atom stereocenters. The number of hydrogen-bond donors (Lipinski definition) is 0. The fourth-order valence-corrected chi connectivity index (χ4v) is 1.21. The van der Waals surface area contributed by atoms with E-state index in [1.54, 1.807) is 0 Å². The lowest BCUT2D eigenvalue weighted by atomic mass is 10.2. The minimum absolute atomic E-state index is 0.116. The van der Waals surface area contributed by atoms with Gasteiger partial charge in [0.2, 0.25) is 0 Å². The Hall–Kier alpha value is -1.46. The summed E-state index contributed by atoms with van der Waals surface area (Å²) in [5.41, 5.74) is -0.939. The van der Waals surface area contributed by atoms with Gasteiger partial charge < -0.3 is 9.47 Å². The van der Waals surface area contributed by atoms with Crippen molar-refractivity contribution in [1.82, 2.24) is 0 Å². The number of benzene rings is 1. The maximum atomic E-state index is 12.5. The Labute approximate surface area is 89.8 Å². The van der Waals surface area contributed by atoms with Crippen molar-refractivity contribution >= 4 is 0 Å². The second-order valence-electron chi connectivity index (χ2n) is 2.87. The number of hydrogen-bond acceptors (Lipinski definition) is 2. The van der Waals surface area contributed by atoms with Gasteiger partial charge in [-0.3, -0.25) is 0 Å². The zero-order valence-electron chi connectivity index (χ0n) is 8.47. The van der Waals surface area contributed by atoms with Gasteiger partial charge in [-0.15, -0.1) is 0 Å². The Kier molecular flexibility index (Phi) is 3.98. The van der Waals surface area contributed by atoms with Gasteiger partial charge in [-0.25, -0.2) is 4.39 Å². The fourth-order valence-electron chi connectivity index (χ4n) is 1.21. The first-order valence-corrected chi connectivity index (χ1v) is 4.43. The fraction of sp³-hybridized carbons (Fsp3) is 0.400. The summed E-state index contributed by atoms with van der Waals surface area (Å²) in [6.45, 7) is -1.09. The van der Waals surface area contributed by atoms with Crippen molar-refractivity contribution < 1.29 is 27.0 Å². The van der Waals surface area contributed by atoms with Crippen molar-refractivity contribution in [2.75, 3.05) is 20.4 Å². The molecule has 0 N–H and O–H groups in total. The highest BCUT2D eigenvalue weighted by Gasteiger charge is 2.35. The zero-order chi connectivity index (χ0) is 12.2. The van der Waals surface area contributed by atoms with E-state index < -0.39 is 24.2 Å². The molecule has 0 saturated carbocycles. The second-order valence-corrected chi connectivity index (χ2v) is 2.87. The molecule has 0 bridgehead atoms. The monoisotopic (exact) mass is 238 g/mol. The molecule has 1 aromatic rings. The van der Waals surface area contributed by atoms with Crippen LogP contribution in [0.5, 0.6) is 11.5 Å². The lowest BCUT2D eigenvalue weighted by Crippen LogP contribution is -2.09. The van der Waals surface area contributed by atoms with Gasteiger partial charge in [0.15, 0.2) is 11.5 Å². The van der Waals surface area contributed by atoms with Crippen LogP contribution in [-0.2, 0) is 6.18 Å². The van der Waals surface area contributed by atoms with Gasteiger partial charge in [0.1, 0.15) is 18.8 Å². The molecule has 0 radical (unpaired) electrons. The highest BCUT2D eigenvalue weighted by molar-refractivity contribution is 5.47. The second kappa shape index (κ2) is 5.05. The van der Waals surface area contributed by atoms with Crippen LogP contribution >= 0.6 is 0 Å². The third-order valence-corrected chi connectivity index (χ3v) is 1.82. The Balaban J connectivity index is 3.11. The molecule has 1 aromatic carbocycles. The lowest BCUT2D eigenvalue weighted by molar-refractivity contribution is -0.138. The molecule has 0 spiro atoms. The summed E-state index contributed by atoms with van der Waals surface area (Å²) >= 11 is 0. The molecule has 0 aliphatic rings. The van der Waals surface area contributed by atoms with E-state index >= 15 is 0 Å². The molecule has 2 nitrogen and oxygen atoms in total. The summed E-state index contributed by atoms with van der Waals surface area (Å²) in [7, 11) is 1.10. The number of halogens is 4. The van der Waals surface area contributed by atoms with Crippen molar-refractivity contribution in [1.29, 1.82) is 0 Å². The molecule has 1 rings (SSSR count). The van der Waals surface area contributed by atoms with Crippen LogP contribution in [0, 0.1) is 0 Å². The smallest absolute Gasteiger partial charge is 0.420 e. The molecule has 6 heteroatoms. The molecule has 0 fully saturated rings. The van der Waals surface area contributed by atoms with Gasteiger partial charge in [-0.1, -0.05) is 6.07 Å². The van der Waals surface area contributed by atoms with Gasteiger partial charge in [-0.2, -0.15) is 13.2 Å². The molecule has 0 aliphatic heterocycles. The first-order valence-electron chi connectivity index (χ1n) is 4.43. The summed E-state index contributed by atoms with van der Waals surface area (Å²) in [4.78, 5) is 0. The zero-order valence-corrected chi connectivity index (χ0v) is 8.47. The van der Waals surface area contributed by atoms with Crippen LogP contribution in [0.25, 0.3) is 0 Å². The van der Waals surface area contributed by atoms with E-state index in [1.807, 2.05) is 0 Å². The molecule has 0 atom stereocenters. The van der Waals surface area contributed by atoms with Gasteiger partial charge in [0, 0.05) is 0 Å². The first-order chi connectivity index (χ1) is 7.50. The molecule has 90 valence electrons. The highest BCUT2D eigenvalue weighted by Crippen LogP contribution is 2.41. The Morgan fingerprint density at radius 1 is 1.25 bits per heavy atom. The summed E-state index contributed by atoms with van der Waals surface area (Å²) in [5, 5.41) is 0. The van der Waals surface area contributed by atoms with E-state index in [-0.39, 0.29) is 12.4 Å². The standard InChI is InChI=1S/C10H10F4O2/c1-15-9-7(10(12,13)14)3-2-4-8(9)16-6-5-11/h2-4H,5-6H2,1H3. The lowest BCUT2D eigenvalue weighted by Gasteiger charge is -2.15. The summed E-state index contributed by atoms with van der Waals surface area (Å²) in [6, 6.07) is 3.35. The number of ether oxygens (including phenoxy) is 2. The van der Waals surface area contributed by atoms with Gasteiger partial charge in [-0.05, 0) is 12.1 Å². The van der Waals surface area contributed by atoms with E-state index in [0.717, 1.165) is 13.2 Å². The summed E-state index contributed by atoms with van der Waals surface area (Å²) in [6.07, 6.45) is -4.53. The van der Waals surface area contributed by atoms with Crippen molar-refractivity contribution in [3.05, 3.63) is 23.8 Å². The number of alkyl halides is 4. The number of para-hydroxylation sites is 1. The molecule has 0 heterocycles. The molecule has 0 amide bonds. The van der Waals surface area contributed by atoms with Crippen LogP contribution in [0.3, 0.4) is 0 Å². The third kappa shape index (κ3) is 2.77. The summed E-state index contributed by atoms with van der Waals surface area (Å²) in [5.74, 6) is -0.543. The van der Waals surface area contributed by atoms with Crippen molar-refractivity contribution in [3.63, 3.8) is 0 Å². The molecule has 0 aromatic heterocycles. The van der Waals surface area contributed by atoms with Crippen LogP contribution in [0.4, 0.5) is 17.6 Å². The van der Waals surface area contributed by atoms with E-state index in [1.165, 1.54) is 12.1 Å². The van der Waals surface area contributed by atoms with Crippen molar-refractivity contribution in [2.24, 2.45) is 0 Å². The van der Waals surface area contributed by atoms with Crippen LogP contribution in [0.1, 0.15) is 5.56 Å². The number of methoxy groups -OCH3 is 1. The van der Waals surface area contributed by atoms with E-state index in [9.17, 15) is 17.6 Å².